The van der Waals surface area contributed by atoms with E-state index in [4.69, 9.17) is 4.74 Å². The molecular formula is C25H20FN3O3. The zero-order valence-electron chi connectivity index (χ0n) is 17.3. The molecule has 2 amide bonds. The fourth-order valence-electron chi connectivity index (χ4n) is 2.81. The van der Waals surface area contributed by atoms with Crippen LogP contribution in [0.15, 0.2) is 78.4 Å². The fourth-order valence-corrected chi connectivity index (χ4v) is 2.81. The first-order valence-corrected chi connectivity index (χ1v) is 9.72. The number of para-hydroxylation sites is 2. The molecule has 0 radical (unpaired) electrons. The number of ether oxygens (including phenoxy) is 1. The predicted molar refractivity (Wildman–Crippen MR) is 120 cm³/mol. The van der Waals surface area contributed by atoms with Crippen molar-refractivity contribution >= 4 is 29.3 Å². The first-order chi connectivity index (χ1) is 15.5. The normalized spacial score (nSPS) is 10.7. The van der Waals surface area contributed by atoms with Crippen molar-refractivity contribution in [2.75, 3.05) is 17.2 Å². The van der Waals surface area contributed by atoms with Gasteiger partial charge in [0.25, 0.3) is 11.8 Å². The molecule has 0 unspecified atom stereocenters. The predicted octanol–water partition coefficient (Wildman–Crippen LogP) is 4.70. The molecule has 0 fully saturated rings. The van der Waals surface area contributed by atoms with E-state index in [-0.39, 0.29) is 18.1 Å². The van der Waals surface area contributed by atoms with Gasteiger partial charge in [-0.25, -0.2) is 4.39 Å². The Morgan fingerprint density at radius 1 is 1.00 bits per heavy atom. The number of nitrogens with one attached hydrogen (secondary N) is 2. The van der Waals surface area contributed by atoms with Crippen LogP contribution in [0.25, 0.3) is 6.08 Å². The van der Waals surface area contributed by atoms with Crippen LogP contribution in [-0.4, -0.2) is 18.4 Å². The topological polar surface area (TPSA) is 91.2 Å². The van der Waals surface area contributed by atoms with Gasteiger partial charge in [-0.3, -0.25) is 9.59 Å². The van der Waals surface area contributed by atoms with Crippen LogP contribution in [0.4, 0.5) is 15.8 Å². The second-order valence-electron chi connectivity index (χ2n) is 6.82. The van der Waals surface area contributed by atoms with Crippen molar-refractivity contribution in [3.8, 4) is 11.8 Å². The van der Waals surface area contributed by atoms with Gasteiger partial charge in [-0.15, -0.1) is 0 Å². The zero-order valence-corrected chi connectivity index (χ0v) is 17.3. The van der Waals surface area contributed by atoms with E-state index in [1.54, 1.807) is 30.3 Å². The summed E-state index contributed by atoms with van der Waals surface area (Å²) in [6.45, 7) is 1.64. The molecule has 3 aromatic carbocycles. The number of amides is 2. The third-order valence-corrected chi connectivity index (χ3v) is 4.46. The lowest BCUT2D eigenvalue weighted by Gasteiger charge is -2.11. The number of hydrogen-bond acceptors (Lipinski definition) is 4. The average molecular weight is 429 g/mol. The van der Waals surface area contributed by atoms with Gasteiger partial charge in [0.2, 0.25) is 0 Å². The Morgan fingerprint density at radius 3 is 2.41 bits per heavy atom. The smallest absolute Gasteiger partial charge is 0.266 e. The molecule has 0 aromatic heterocycles. The van der Waals surface area contributed by atoms with Crippen LogP contribution in [-0.2, 0) is 9.59 Å². The molecule has 0 aliphatic heterocycles. The molecule has 0 saturated heterocycles. The van der Waals surface area contributed by atoms with Gasteiger partial charge in [-0.2, -0.15) is 5.26 Å². The lowest BCUT2D eigenvalue weighted by Crippen LogP contribution is -2.20. The van der Waals surface area contributed by atoms with E-state index >= 15 is 0 Å². The molecule has 32 heavy (non-hydrogen) atoms. The second-order valence-corrected chi connectivity index (χ2v) is 6.82. The molecule has 0 atom stereocenters. The standard InChI is InChI=1S/C25H20FN3O3/c1-17-6-2-4-8-22(17)29-24(30)16-32-23-9-5-3-7-18(23)14-19(15-27)25(31)28-21-12-10-20(26)11-13-21/h2-14H,16H2,1H3,(H,28,31)(H,29,30)/b19-14+. The van der Waals surface area contributed by atoms with Gasteiger partial charge in [0, 0.05) is 16.9 Å². The van der Waals surface area contributed by atoms with Gasteiger partial charge in [-0.1, -0.05) is 36.4 Å². The largest absolute Gasteiger partial charge is 0.483 e. The lowest BCUT2D eigenvalue weighted by molar-refractivity contribution is -0.118. The Hall–Kier alpha value is -4.44. The quantitative estimate of drug-likeness (QED) is 0.421. The van der Waals surface area contributed by atoms with Crippen LogP contribution in [0.3, 0.4) is 0 Å². The van der Waals surface area contributed by atoms with Gasteiger partial charge < -0.3 is 15.4 Å². The van der Waals surface area contributed by atoms with Gasteiger partial charge in [0.15, 0.2) is 6.61 Å². The van der Waals surface area contributed by atoms with Crippen molar-refractivity contribution in [3.63, 3.8) is 0 Å². The summed E-state index contributed by atoms with van der Waals surface area (Å²) in [6.07, 6.45) is 1.37. The van der Waals surface area contributed by atoms with Crippen LogP contribution in [0.1, 0.15) is 11.1 Å². The number of nitriles is 1. The molecule has 2 N–H and O–H groups in total. The highest BCUT2D eigenvalue weighted by molar-refractivity contribution is 6.09. The maximum absolute atomic E-state index is 13.0. The maximum atomic E-state index is 13.0. The van der Waals surface area contributed by atoms with Crippen molar-refractivity contribution in [1.29, 1.82) is 5.26 Å². The maximum Gasteiger partial charge on any atom is 0.266 e. The minimum atomic E-state index is -0.647. The van der Waals surface area contributed by atoms with E-state index in [0.29, 0.717) is 22.7 Å². The summed E-state index contributed by atoms with van der Waals surface area (Å²) in [5.74, 6) is -1.08. The summed E-state index contributed by atoms with van der Waals surface area (Å²) >= 11 is 0. The molecule has 3 rings (SSSR count). The van der Waals surface area contributed by atoms with Crippen LogP contribution in [0, 0.1) is 24.1 Å². The molecule has 0 aliphatic rings. The van der Waals surface area contributed by atoms with Crippen LogP contribution < -0.4 is 15.4 Å². The number of rotatable bonds is 7. The highest BCUT2D eigenvalue weighted by atomic mass is 19.1. The average Bonchev–Trinajstić information content (AvgIpc) is 2.79. The SMILES string of the molecule is Cc1ccccc1NC(=O)COc1ccccc1/C=C(\C#N)C(=O)Nc1ccc(F)cc1. The van der Waals surface area contributed by atoms with E-state index < -0.39 is 11.7 Å². The monoisotopic (exact) mass is 429 g/mol. The second kappa shape index (κ2) is 10.5. The number of anilines is 2. The van der Waals surface area contributed by atoms with E-state index in [0.717, 1.165) is 5.56 Å². The van der Waals surface area contributed by atoms with Crippen LogP contribution in [0.2, 0.25) is 0 Å². The minimum Gasteiger partial charge on any atom is -0.483 e. The number of aryl methyl sites for hydroxylation is 1. The molecule has 0 bridgehead atoms. The zero-order chi connectivity index (χ0) is 22.9. The molecule has 6 nitrogen and oxygen atoms in total. The number of carbonyl (C=O) groups excluding carboxylic acids is 2. The van der Waals surface area contributed by atoms with Crippen molar-refractivity contribution < 1.29 is 18.7 Å². The number of hydrogen-bond donors (Lipinski definition) is 2. The fraction of sp³-hybridized carbons (Fsp3) is 0.0800. The summed E-state index contributed by atoms with van der Waals surface area (Å²) in [6, 6.07) is 21.2. The van der Waals surface area contributed by atoms with Crippen molar-refractivity contribution in [2.24, 2.45) is 0 Å². The van der Waals surface area contributed by atoms with E-state index in [1.165, 1.54) is 30.3 Å². The number of halogens is 1. The summed E-state index contributed by atoms with van der Waals surface area (Å²) in [5.41, 5.74) is 2.26. The van der Waals surface area contributed by atoms with Gasteiger partial charge in [0.05, 0.1) is 0 Å². The Kier molecular flexibility index (Phi) is 7.33. The van der Waals surface area contributed by atoms with Gasteiger partial charge in [-0.05, 0) is 55.0 Å². The van der Waals surface area contributed by atoms with Crippen LogP contribution in [0.5, 0.6) is 5.75 Å². The molecule has 160 valence electrons. The van der Waals surface area contributed by atoms with Crippen molar-refractivity contribution in [2.45, 2.75) is 6.92 Å². The third kappa shape index (κ3) is 6.03. The summed E-state index contributed by atoms with van der Waals surface area (Å²) in [4.78, 5) is 24.7. The molecule has 0 aliphatic carbocycles. The Labute approximate surface area is 185 Å². The first kappa shape index (κ1) is 22.2. The molecule has 0 heterocycles. The molecule has 0 saturated carbocycles. The Balaban J connectivity index is 1.70. The van der Waals surface area contributed by atoms with Crippen molar-refractivity contribution in [1.82, 2.24) is 0 Å². The molecular weight excluding hydrogens is 409 g/mol. The third-order valence-electron chi connectivity index (χ3n) is 4.46. The van der Waals surface area contributed by atoms with Crippen molar-refractivity contribution in [3.05, 3.63) is 95.3 Å². The first-order valence-electron chi connectivity index (χ1n) is 9.72. The molecule has 7 heteroatoms. The highest BCUT2D eigenvalue weighted by Gasteiger charge is 2.12. The summed E-state index contributed by atoms with van der Waals surface area (Å²) in [5, 5.41) is 14.8. The molecule has 3 aromatic rings. The Bertz CT molecular complexity index is 1200. The van der Waals surface area contributed by atoms with E-state index in [2.05, 4.69) is 10.6 Å². The number of carbonyl (C=O) groups is 2. The minimum absolute atomic E-state index is 0.172. The van der Waals surface area contributed by atoms with Gasteiger partial charge in [0.1, 0.15) is 23.2 Å². The number of nitrogens with zero attached hydrogens (tertiary/aromatic N) is 1. The van der Waals surface area contributed by atoms with E-state index in [9.17, 15) is 19.2 Å². The highest BCUT2D eigenvalue weighted by Crippen LogP contribution is 2.22. The summed E-state index contributed by atoms with van der Waals surface area (Å²) in [7, 11) is 0. The van der Waals surface area contributed by atoms with E-state index in [1.807, 2.05) is 31.2 Å². The summed E-state index contributed by atoms with van der Waals surface area (Å²) < 4.78 is 18.7. The number of benzene rings is 3. The van der Waals surface area contributed by atoms with Gasteiger partial charge >= 0.3 is 0 Å². The molecule has 0 spiro atoms. The lowest BCUT2D eigenvalue weighted by atomic mass is 10.1. The van der Waals surface area contributed by atoms with Crippen LogP contribution >= 0.6 is 0 Å². The Morgan fingerprint density at radius 2 is 1.69 bits per heavy atom.